The molecule has 0 aromatic carbocycles. The molecule has 2 atom stereocenters. The van der Waals surface area contributed by atoms with Gasteiger partial charge in [-0.05, 0) is 32.6 Å². The Labute approximate surface area is 114 Å². The van der Waals surface area contributed by atoms with Crippen molar-refractivity contribution in [1.29, 1.82) is 0 Å². The molecule has 2 heterocycles. The first-order valence-corrected chi connectivity index (χ1v) is 7.89. The van der Waals surface area contributed by atoms with E-state index in [1.54, 1.807) is 0 Å². The maximum Gasteiger partial charge on any atom is 0.122 e. The van der Waals surface area contributed by atoms with Gasteiger partial charge in [-0.15, -0.1) is 11.3 Å². The Kier molecular flexibility index (Phi) is 5.15. The van der Waals surface area contributed by atoms with Crippen LogP contribution in [0.2, 0.25) is 0 Å². The molecular weight excluding hydrogens is 244 g/mol. The van der Waals surface area contributed by atoms with Gasteiger partial charge in [0.2, 0.25) is 0 Å². The van der Waals surface area contributed by atoms with Crippen LogP contribution in [0.5, 0.6) is 0 Å². The molecule has 1 aromatic rings. The van der Waals surface area contributed by atoms with E-state index in [2.05, 4.69) is 26.1 Å². The van der Waals surface area contributed by atoms with Gasteiger partial charge in [0, 0.05) is 24.1 Å². The van der Waals surface area contributed by atoms with Crippen LogP contribution in [-0.4, -0.2) is 17.6 Å². The topological polar surface area (TPSA) is 34.1 Å². The quantitative estimate of drug-likeness (QED) is 0.858. The summed E-state index contributed by atoms with van der Waals surface area (Å²) in [6.45, 7) is 8.46. The van der Waals surface area contributed by atoms with Crippen LogP contribution in [0.25, 0.3) is 0 Å². The molecule has 102 valence electrons. The Morgan fingerprint density at radius 1 is 1.50 bits per heavy atom. The van der Waals surface area contributed by atoms with Crippen LogP contribution >= 0.6 is 11.3 Å². The second-order valence-corrected chi connectivity index (χ2v) is 6.08. The molecule has 0 saturated carbocycles. The van der Waals surface area contributed by atoms with E-state index in [4.69, 9.17) is 9.72 Å². The molecular formula is C14H24N2OS. The third kappa shape index (κ3) is 3.31. The summed E-state index contributed by atoms with van der Waals surface area (Å²) >= 11 is 1.84. The number of aryl methyl sites for hydroxylation is 1. The Balaban J connectivity index is 2.03. The summed E-state index contributed by atoms with van der Waals surface area (Å²) in [6.07, 6.45) is 4.75. The standard InChI is InChI=1S/C14H24N2OS/c1-4-10(3)15-9-13-11(5-2)16-14(18-13)12-7-6-8-17-12/h10,12,15H,4-9H2,1-3H3. The molecule has 3 nitrogen and oxygen atoms in total. The Morgan fingerprint density at radius 2 is 2.33 bits per heavy atom. The highest BCUT2D eigenvalue weighted by Crippen LogP contribution is 2.33. The minimum absolute atomic E-state index is 0.262. The van der Waals surface area contributed by atoms with Crippen molar-refractivity contribution < 1.29 is 4.74 Å². The number of hydrogen-bond donors (Lipinski definition) is 1. The van der Waals surface area contributed by atoms with E-state index in [9.17, 15) is 0 Å². The average Bonchev–Trinajstić information content (AvgIpc) is 3.03. The zero-order valence-corrected chi connectivity index (χ0v) is 12.5. The Morgan fingerprint density at radius 3 is 2.94 bits per heavy atom. The lowest BCUT2D eigenvalue weighted by Gasteiger charge is -2.10. The summed E-state index contributed by atoms with van der Waals surface area (Å²) < 4.78 is 5.73. The van der Waals surface area contributed by atoms with Crippen LogP contribution < -0.4 is 5.32 Å². The van der Waals surface area contributed by atoms with Crippen molar-refractivity contribution in [3.05, 3.63) is 15.6 Å². The summed E-state index contributed by atoms with van der Waals surface area (Å²) in [7, 11) is 0. The first kappa shape index (κ1) is 14.0. The normalized spacial score (nSPS) is 21.4. The molecule has 0 spiro atoms. The van der Waals surface area contributed by atoms with Gasteiger partial charge in [0.15, 0.2) is 0 Å². The van der Waals surface area contributed by atoms with Crippen molar-refractivity contribution in [3.63, 3.8) is 0 Å². The molecule has 1 saturated heterocycles. The van der Waals surface area contributed by atoms with Crippen LogP contribution in [-0.2, 0) is 17.7 Å². The minimum atomic E-state index is 0.262. The van der Waals surface area contributed by atoms with E-state index in [1.165, 1.54) is 28.4 Å². The first-order valence-electron chi connectivity index (χ1n) is 7.08. The lowest BCUT2D eigenvalue weighted by molar-refractivity contribution is 0.111. The highest BCUT2D eigenvalue weighted by atomic mass is 32.1. The Bertz CT molecular complexity index is 372. The number of ether oxygens (including phenoxy) is 1. The number of nitrogens with one attached hydrogen (secondary N) is 1. The molecule has 2 unspecified atom stereocenters. The zero-order chi connectivity index (χ0) is 13.0. The second kappa shape index (κ2) is 6.64. The highest BCUT2D eigenvalue weighted by molar-refractivity contribution is 7.11. The smallest absolute Gasteiger partial charge is 0.122 e. The highest BCUT2D eigenvalue weighted by Gasteiger charge is 2.22. The van der Waals surface area contributed by atoms with E-state index in [0.29, 0.717) is 6.04 Å². The van der Waals surface area contributed by atoms with Gasteiger partial charge in [-0.2, -0.15) is 0 Å². The van der Waals surface area contributed by atoms with Gasteiger partial charge in [0.25, 0.3) is 0 Å². The Hall–Kier alpha value is -0.450. The van der Waals surface area contributed by atoms with Crippen LogP contribution in [0.1, 0.15) is 61.7 Å². The van der Waals surface area contributed by atoms with Crippen molar-refractivity contribution in [2.75, 3.05) is 6.61 Å². The van der Waals surface area contributed by atoms with Crippen molar-refractivity contribution in [1.82, 2.24) is 10.3 Å². The van der Waals surface area contributed by atoms with Crippen molar-refractivity contribution >= 4 is 11.3 Å². The van der Waals surface area contributed by atoms with Gasteiger partial charge < -0.3 is 10.1 Å². The number of thiazole rings is 1. The number of nitrogens with zero attached hydrogens (tertiary/aromatic N) is 1. The minimum Gasteiger partial charge on any atom is -0.371 e. The lowest BCUT2D eigenvalue weighted by atomic mass is 10.2. The van der Waals surface area contributed by atoms with Gasteiger partial charge >= 0.3 is 0 Å². The van der Waals surface area contributed by atoms with Gasteiger partial charge in [0.05, 0.1) is 5.69 Å². The van der Waals surface area contributed by atoms with E-state index in [1.807, 2.05) is 11.3 Å². The summed E-state index contributed by atoms with van der Waals surface area (Å²) in [5.74, 6) is 0. The zero-order valence-electron chi connectivity index (χ0n) is 11.7. The summed E-state index contributed by atoms with van der Waals surface area (Å²) in [4.78, 5) is 6.16. The van der Waals surface area contributed by atoms with Crippen molar-refractivity contribution in [2.24, 2.45) is 0 Å². The summed E-state index contributed by atoms with van der Waals surface area (Å²) in [5, 5.41) is 4.74. The van der Waals surface area contributed by atoms with E-state index >= 15 is 0 Å². The summed E-state index contributed by atoms with van der Waals surface area (Å²) in [5.41, 5.74) is 1.25. The molecule has 0 amide bonds. The van der Waals surface area contributed by atoms with Crippen LogP contribution in [0.4, 0.5) is 0 Å². The molecule has 4 heteroatoms. The molecule has 0 radical (unpaired) electrons. The van der Waals surface area contributed by atoms with Crippen LogP contribution in [0.15, 0.2) is 0 Å². The van der Waals surface area contributed by atoms with Gasteiger partial charge in [-0.1, -0.05) is 13.8 Å². The molecule has 18 heavy (non-hydrogen) atoms. The second-order valence-electron chi connectivity index (χ2n) is 4.97. The number of rotatable bonds is 6. The first-order chi connectivity index (χ1) is 8.74. The molecule has 0 aliphatic carbocycles. The largest absolute Gasteiger partial charge is 0.371 e. The van der Waals surface area contributed by atoms with Gasteiger partial charge in [-0.3, -0.25) is 0 Å². The molecule has 1 aliphatic rings. The van der Waals surface area contributed by atoms with Crippen LogP contribution in [0.3, 0.4) is 0 Å². The van der Waals surface area contributed by atoms with Crippen molar-refractivity contribution in [2.45, 2.75) is 65.1 Å². The fourth-order valence-corrected chi connectivity index (χ4v) is 3.33. The van der Waals surface area contributed by atoms with Crippen molar-refractivity contribution in [3.8, 4) is 0 Å². The van der Waals surface area contributed by atoms with Gasteiger partial charge in [0.1, 0.15) is 11.1 Å². The third-order valence-corrected chi connectivity index (χ3v) is 4.75. The molecule has 1 aliphatic heterocycles. The number of aromatic nitrogens is 1. The average molecular weight is 268 g/mol. The maximum absolute atomic E-state index is 5.73. The van der Waals surface area contributed by atoms with Gasteiger partial charge in [-0.25, -0.2) is 4.98 Å². The van der Waals surface area contributed by atoms with E-state index in [-0.39, 0.29) is 6.10 Å². The molecule has 1 aromatic heterocycles. The van der Waals surface area contributed by atoms with E-state index in [0.717, 1.165) is 26.0 Å². The predicted molar refractivity (Wildman–Crippen MR) is 76.0 cm³/mol. The van der Waals surface area contributed by atoms with Crippen LogP contribution in [0, 0.1) is 0 Å². The number of hydrogen-bond acceptors (Lipinski definition) is 4. The van der Waals surface area contributed by atoms with E-state index < -0.39 is 0 Å². The maximum atomic E-state index is 5.73. The fraction of sp³-hybridized carbons (Fsp3) is 0.786. The molecule has 1 fully saturated rings. The third-order valence-electron chi connectivity index (χ3n) is 3.56. The predicted octanol–water partition coefficient (Wildman–Crippen LogP) is 3.45. The molecule has 0 bridgehead atoms. The lowest BCUT2D eigenvalue weighted by Crippen LogP contribution is -2.24. The molecule has 1 N–H and O–H groups in total. The summed E-state index contributed by atoms with van der Waals surface area (Å²) in [6, 6.07) is 0.572. The SMILES string of the molecule is CCc1nc(C2CCCO2)sc1CNC(C)CC. The molecule has 2 rings (SSSR count). The monoisotopic (exact) mass is 268 g/mol. The fourth-order valence-electron chi connectivity index (χ4n) is 2.14.